The van der Waals surface area contributed by atoms with E-state index in [1.54, 1.807) is 48.9 Å². The van der Waals surface area contributed by atoms with Crippen molar-refractivity contribution in [3.05, 3.63) is 78.3 Å². The number of benzene rings is 1. The van der Waals surface area contributed by atoms with Crippen molar-refractivity contribution < 1.29 is 13.9 Å². The number of hydrogen-bond donors (Lipinski definition) is 0. The summed E-state index contributed by atoms with van der Waals surface area (Å²) in [5, 5.41) is 0. The Hall–Kier alpha value is -3.35. The fourth-order valence-electron chi connectivity index (χ4n) is 3.32. The van der Waals surface area contributed by atoms with Crippen molar-refractivity contribution >= 4 is 5.91 Å². The molecule has 6 nitrogen and oxygen atoms in total. The van der Waals surface area contributed by atoms with Crippen molar-refractivity contribution in [3.8, 4) is 11.6 Å². The molecule has 2 aromatic heterocycles. The molecule has 0 spiro atoms. The molecule has 1 atom stereocenters. The predicted molar refractivity (Wildman–Crippen MR) is 101 cm³/mol. The highest BCUT2D eigenvalue weighted by molar-refractivity contribution is 5.94. The van der Waals surface area contributed by atoms with Crippen LogP contribution >= 0.6 is 0 Å². The first-order valence-electron chi connectivity index (χ1n) is 9.14. The molecule has 0 radical (unpaired) electrons. The van der Waals surface area contributed by atoms with Crippen molar-refractivity contribution in [1.82, 2.24) is 19.9 Å². The number of carbonyl (C=O) groups is 1. The lowest BCUT2D eigenvalue weighted by Gasteiger charge is -2.32. The molecule has 3 aromatic rings. The average Bonchev–Trinajstić information content (AvgIpc) is 2.76. The maximum atomic E-state index is 13.8. The Balaban J connectivity index is 1.49. The smallest absolute Gasteiger partial charge is 0.255 e. The highest BCUT2D eigenvalue weighted by atomic mass is 19.1. The second-order valence-corrected chi connectivity index (χ2v) is 6.65. The number of nitrogens with zero attached hydrogens (tertiary/aromatic N) is 4. The molecule has 0 bridgehead atoms. The first kappa shape index (κ1) is 18.0. The molecular formula is C21H19FN4O2. The second-order valence-electron chi connectivity index (χ2n) is 6.65. The fraction of sp³-hybridized carbons (Fsp3) is 0.238. The molecule has 1 aliphatic rings. The number of pyridine rings is 1. The van der Waals surface area contributed by atoms with Gasteiger partial charge in [0, 0.05) is 37.6 Å². The van der Waals surface area contributed by atoms with Crippen LogP contribution in [-0.4, -0.2) is 38.8 Å². The van der Waals surface area contributed by atoms with Gasteiger partial charge in [0.2, 0.25) is 5.88 Å². The highest BCUT2D eigenvalue weighted by Gasteiger charge is 2.27. The lowest BCUT2D eigenvalue weighted by Crippen LogP contribution is -2.39. The minimum atomic E-state index is -0.458. The summed E-state index contributed by atoms with van der Waals surface area (Å²) in [6, 6.07) is 9.68. The number of halogens is 1. The molecule has 0 aliphatic carbocycles. The summed E-state index contributed by atoms with van der Waals surface area (Å²) in [6.07, 6.45) is 8.13. The SMILES string of the molecule is O=C(c1cccnc1)N1CCC[C@@H](c2cncc(Oc3ccccc3F)n2)C1. The molecule has 0 N–H and O–H groups in total. The van der Waals surface area contributed by atoms with E-state index in [0.717, 1.165) is 18.5 Å². The molecule has 1 aromatic carbocycles. The Morgan fingerprint density at radius 1 is 1.11 bits per heavy atom. The summed E-state index contributed by atoms with van der Waals surface area (Å²) in [7, 11) is 0. The number of hydrogen-bond acceptors (Lipinski definition) is 5. The minimum Gasteiger partial charge on any atom is -0.434 e. The van der Waals surface area contributed by atoms with Crippen molar-refractivity contribution in [2.75, 3.05) is 13.1 Å². The van der Waals surface area contributed by atoms with E-state index in [1.807, 2.05) is 4.90 Å². The number of rotatable bonds is 4. The Bertz CT molecular complexity index is 967. The Morgan fingerprint density at radius 2 is 2.00 bits per heavy atom. The van der Waals surface area contributed by atoms with Crippen molar-refractivity contribution in [2.45, 2.75) is 18.8 Å². The van der Waals surface area contributed by atoms with Crippen molar-refractivity contribution in [2.24, 2.45) is 0 Å². The van der Waals surface area contributed by atoms with Gasteiger partial charge in [-0.3, -0.25) is 14.8 Å². The van der Waals surface area contributed by atoms with Crippen LogP contribution in [0, 0.1) is 5.82 Å². The first-order valence-corrected chi connectivity index (χ1v) is 9.14. The number of amides is 1. The Labute approximate surface area is 162 Å². The molecule has 1 amide bonds. The van der Waals surface area contributed by atoms with Gasteiger partial charge in [-0.2, -0.15) is 0 Å². The van der Waals surface area contributed by atoms with E-state index in [4.69, 9.17) is 4.74 Å². The monoisotopic (exact) mass is 378 g/mol. The first-order chi connectivity index (χ1) is 13.7. The zero-order valence-electron chi connectivity index (χ0n) is 15.2. The van der Waals surface area contributed by atoms with Crippen LogP contribution < -0.4 is 4.74 Å². The quantitative estimate of drug-likeness (QED) is 0.690. The number of para-hydroxylation sites is 1. The van der Waals surface area contributed by atoms with Gasteiger partial charge in [0.15, 0.2) is 11.6 Å². The highest BCUT2D eigenvalue weighted by Crippen LogP contribution is 2.28. The average molecular weight is 378 g/mol. The molecule has 4 rings (SSSR count). The summed E-state index contributed by atoms with van der Waals surface area (Å²) >= 11 is 0. The maximum absolute atomic E-state index is 13.8. The maximum Gasteiger partial charge on any atom is 0.255 e. The molecular weight excluding hydrogens is 359 g/mol. The predicted octanol–water partition coefficient (Wildman–Crippen LogP) is 3.82. The van der Waals surface area contributed by atoms with Crippen LogP contribution in [-0.2, 0) is 0 Å². The van der Waals surface area contributed by atoms with Gasteiger partial charge < -0.3 is 9.64 Å². The minimum absolute atomic E-state index is 0.0375. The van der Waals surface area contributed by atoms with Gasteiger partial charge in [-0.05, 0) is 37.1 Å². The third kappa shape index (κ3) is 3.98. The van der Waals surface area contributed by atoms with Crippen LogP contribution in [0.4, 0.5) is 4.39 Å². The summed E-state index contributed by atoms with van der Waals surface area (Å²) in [5.41, 5.74) is 1.31. The van der Waals surface area contributed by atoms with E-state index in [-0.39, 0.29) is 23.5 Å². The summed E-state index contributed by atoms with van der Waals surface area (Å²) in [4.78, 5) is 27.2. The van der Waals surface area contributed by atoms with E-state index in [9.17, 15) is 9.18 Å². The van der Waals surface area contributed by atoms with Crippen LogP contribution in [0.2, 0.25) is 0 Å². The number of likely N-dealkylation sites (tertiary alicyclic amines) is 1. The zero-order chi connectivity index (χ0) is 19.3. The molecule has 7 heteroatoms. The molecule has 1 aliphatic heterocycles. The van der Waals surface area contributed by atoms with Crippen LogP contribution in [0.3, 0.4) is 0 Å². The molecule has 0 saturated carbocycles. The van der Waals surface area contributed by atoms with Gasteiger partial charge in [0.25, 0.3) is 5.91 Å². The summed E-state index contributed by atoms with van der Waals surface area (Å²) in [6.45, 7) is 1.24. The summed E-state index contributed by atoms with van der Waals surface area (Å²) in [5.74, 6) is -0.111. The van der Waals surface area contributed by atoms with Crippen LogP contribution in [0.15, 0.2) is 61.2 Å². The summed E-state index contributed by atoms with van der Waals surface area (Å²) < 4.78 is 19.4. The van der Waals surface area contributed by atoms with E-state index >= 15 is 0 Å². The Kier molecular flexibility index (Phi) is 5.23. The largest absolute Gasteiger partial charge is 0.434 e. The van der Waals surface area contributed by atoms with E-state index < -0.39 is 5.82 Å². The van der Waals surface area contributed by atoms with Gasteiger partial charge >= 0.3 is 0 Å². The van der Waals surface area contributed by atoms with Crippen molar-refractivity contribution in [1.29, 1.82) is 0 Å². The molecule has 1 saturated heterocycles. The second kappa shape index (κ2) is 8.12. The van der Waals surface area contributed by atoms with Crippen LogP contribution in [0.5, 0.6) is 11.6 Å². The molecule has 0 unspecified atom stereocenters. The van der Waals surface area contributed by atoms with E-state index in [2.05, 4.69) is 15.0 Å². The lowest BCUT2D eigenvalue weighted by molar-refractivity contribution is 0.0705. The third-order valence-corrected chi connectivity index (χ3v) is 4.72. The molecule has 28 heavy (non-hydrogen) atoms. The number of aromatic nitrogens is 3. The number of carbonyl (C=O) groups excluding carboxylic acids is 1. The van der Waals surface area contributed by atoms with Crippen LogP contribution in [0.25, 0.3) is 0 Å². The molecule has 3 heterocycles. The Morgan fingerprint density at radius 3 is 2.82 bits per heavy atom. The number of ether oxygens (including phenoxy) is 1. The zero-order valence-corrected chi connectivity index (χ0v) is 15.2. The molecule has 1 fully saturated rings. The van der Waals surface area contributed by atoms with Crippen LogP contribution in [0.1, 0.15) is 34.8 Å². The van der Waals surface area contributed by atoms with Gasteiger partial charge in [0.1, 0.15) is 0 Å². The van der Waals surface area contributed by atoms with Gasteiger partial charge in [-0.15, -0.1) is 0 Å². The lowest BCUT2D eigenvalue weighted by atomic mass is 9.94. The van der Waals surface area contributed by atoms with Gasteiger partial charge in [0.05, 0.1) is 17.5 Å². The van der Waals surface area contributed by atoms with Gasteiger partial charge in [-0.25, -0.2) is 9.37 Å². The fourth-order valence-corrected chi connectivity index (χ4v) is 3.32. The normalized spacial score (nSPS) is 16.6. The van der Waals surface area contributed by atoms with E-state index in [0.29, 0.717) is 18.7 Å². The van der Waals surface area contributed by atoms with Crippen molar-refractivity contribution in [3.63, 3.8) is 0 Å². The standard InChI is InChI=1S/C21H19FN4O2/c22-17-7-1-2-8-19(17)28-20-13-24-12-18(25-20)16-6-4-10-26(14-16)21(27)15-5-3-9-23-11-15/h1-3,5,7-9,11-13,16H,4,6,10,14H2/t16-/m1/s1. The van der Waals surface area contributed by atoms with E-state index in [1.165, 1.54) is 12.3 Å². The number of piperidine rings is 1. The third-order valence-electron chi connectivity index (χ3n) is 4.72. The van der Waals surface area contributed by atoms with Gasteiger partial charge in [-0.1, -0.05) is 12.1 Å². The topological polar surface area (TPSA) is 68.2 Å². The molecule has 142 valence electrons.